The molecule has 0 unspecified atom stereocenters. The number of alkyl halides is 3. The van der Waals surface area contributed by atoms with Crippen molar-refractivity contribution in [3.05, 3.63) is 41.0 Å². The third kappa shape index (κ3) is 3.04. The molecule has 2 aromatic rings. The lowest BCUT2D eigenvalue weighted by Crippen LogP contribution is -2.49. The van der Waals surface area contributed by atoms with Gasteiger partial charge in [0.1, 0.15) is 11.2 Å². The Labute approximate surface area is 131 Å². The average Bonchev–Trinajstić information content (AvgIpc) is 2.48. The van der Waals surface area contributed by atoms with Gasteiger partial charge in [0.15, 0.2) is 0 Å². The Balaban J connectivity index is 2.08. The van der Waals surface area contributed by atoms with Gasteiger partial charge >= 0.3 is 6.18 Å². The number of aromatic nitrogens is 1. The van der Waals surface area contributed by atoms with Crippen molar-refractivity contribution in [2.24, 2.45) is 0 Å². The highest BCUT2D eigenvalue weighted by molar-refractivity contribution is 6.30. The number of benzene rings is 1. The summed E-state index contributed by atoms with van der Waals surface area (Å²) < 4.78 is 40.9. The fourth-order valence-electron chi connectivity index (χ4n) is 2.82. The third-order valence-electron chi connectivity index (χ3n) is 3.83. The fraction of sp³-hybridized carbons (Fsp3) is 0.400. The van der Waals surface area contributed by atoms with Crippen LogP contribution in [0.25, 0.3) is 10.9 Å². The van der Waals surface area contributed by atoms with E-state index < -0.39 is 12.2 Å². The van der Waals surface area contributed by atoms with Gasteiger partial charge in [-0.2, -0.15) is 13.2 Å². The summed E-state index contributed by atoms with van der Waals surface area (Å²) in [5.41, 5.74) is 0.618. The monoisotopic (exact) mass is 329 g/mol. The van der Waals surface area contributed by atoms with E-state index >= 15 is 0 Å². The smallest absolute Gasteiger partial charge is 0.314 e. The van der Waals surface area contributed by atoms with E-state index in [2.05, 4.69) is 10.3 Å². The second kappa shape index (κ2) is 6.02. The zero-order valence-corrected chi connectivity index (χ0v) is 12.5. The van der Waals surface area contributed by atoms with Crippen molar-refractivity contribution in [3.63, 3.8) is 0 Å². The van der Waals surface area contributed by atoms with E-state index in [-0.39, 0.29) is 10.7 Å². The molecule has 1 aliphatic rings. The Morgan fingerprint density at radius 2 is 1.86 bits per heavy atom. The molecule has 2 heterocycles. The first-order valence-electron chi connectivity index (χ1n) is 7.03. The number of fused-ring (bicyclic) bond motifs is 1. The molecule has 3 nitrogen and oxygen atoms in total. The van der Waals surface area contributed by atoms with Crippen LogP contribution in [-0.2, 0) is 0 Å². The lowest BCUT2D eigenvalue weighted by molar-refractivity contribution is -0.187. The average molecular weight is 330 g/mol. The summed E-state index contributed by atoms with van der Waals surface area (Å²) in [5.74, 6) is 0. The van der Waals surface area contributed by atoms with Crippen LogP contribution >= 0.6 is 11.6 Å². The first-order valence-corrected chi connectivity index (χ1v) is 7.41. The number of hydrogen-bond acceptors (Lipinski definition) is 3. The number of halogens is 4. The highest BCUT2D eigenvalue weighted by atomic mass is 35.5. The van der Waals surface area contributed by atoms with E-state index in [9.17, 15) is 13.2 Å². The molecule has 1 fully saturated rings. The first-order chi connectivity index (χ1) is 10.5. The van der Waals surface area contributed by atoms with E-state index in [1.807, 2.05) is 0 Å². The Hall–Kier alpha value is -1.37. The van der Waals surface area contributed by atoms with Crippen molar-refractivity contribution in [2.75, 3.05) is 26.2 Å². The van der Waals surface area contributed by atoms with Gasteiger partial charge in [-0.3, -0.25) is 4.90 Å². The SMILES string of the molecule is FC(F)(F)[C@@H](c1cc2ccccc2nc1Cl)N1CCNCC1. The molecule has 7 heteroatoms. The van der Waals surface area contributed by atoms with E-state index in [0.717, 1.165) is 0 Å². The molecule has 0 bridgehead atoms. The zero-order chi connectivity index (χ0) is 15.7. The molecule has 22 heavy (non-hydrogen) atoms. The van der Waals surface area contributed by atoms with Crippen LogP contribution in [0.4, 0.5) is 13.2 Å². The van der Waals surface area contributed by atoms with Gasteiger partial charge in [-0.15, -0.1) is 0 Å². The maximum atomic E-state index is 13.6. The van der Waals surface area contributed by atoms with Crippen molar-refractivity contribution < 1.29 is 13.2 Å². The van der Waals surface area contributed by atoms with Crippen molar-refractivity contribution in [3.8, 4) is 0 Å². The molecule has 118 valence electrons. The molecule has 0 spiro atoms. The van der Waals surface area contributed by atoms with Crippen LogP contribution in [0.3, 0.4) is 0 Å². The van der Waals surface area contributed by atoms with Crippen molar-refractivity contribution in [1.82, 2.24) is 15.2 Å². The Kier molecular flexibility index (Phi) is 4.25. The summed E-state index contributed by atoms with van der Waals surface area (Å²) in [6.07, 6.45) is -4.40. The van der Waals surface area contributed by atoms with E-state index in [1.54, 1.807) is 24.3 Å². The van der Waals surface area contributed by atoms with Crippen LogP contribution in [-0.4, -0.2) is 42.2 Å². The molecule has 0 radical (unpaired) electrons. The van der Waals surface area contributed by atoms with Gasteiger partial charge < -0.3 is 5.32 Å². The number of piperazine rings is 1. The Morgan fingerprint density at radius 3 is 2.55 bits per heavy atom. The van der Waals surface area contributed by atoms with Crippen LogP contribution in [0.2, 0.25) is 5.15 Å². The van der Waals surface area contributed by atoms with Crippen molar-refractivity contribution in [2.45, 2.75) is 12.2 Å². The topological polar surface area (TPSA) is 28.2 Å². The van der Waals surface area contributed by atoms with Crippen LogP contribution in [0.5, 0.6) is 0 Å². The molecule has 3 rings (SSSR count). The highest BCUT2D eigenvalue weighted by Gasteiger charge is 2.46. The fourth-order valence-corrected chi connectivity index (χ4v) is 3.07. The van der Waals surface area contributed by atoms with Crippen LogP contribution < -0.4 is 5.32 Å². The second-order valence-electron chi connectivity index (χ2n) is 5.29. The molecular formula is C15H15ClF3N3. The third-order valence-corrected chi connectivity index (χ3v) is 4.13. The molecule has 0 saturated carbocycles. The van der Waals surface area contributed by atoms with Gasteiger partial charge in [0.25, 0.3) is 0 Å². The molecule has 0 aliphatic carbocycles. The van der Waals surface area contributed by atoms with Gasteiger partial charge in [-0.05, 0) is 12.1 Å². The molecule has 1 atom stereocenters. The van der Waals surface area contributed by atoms with Gasteiger partial charge in [-0.1, -0.05) is 29.8 Å². The zero-order valence-electron chi connectivity index (χ0n) is 11.7. The van der Waals surface area contributed by atoms with Crippen molar-refractivity contribution in [1.29, 1.82) is 0 Å². The minimum Gasteiger partial charge on any atom is -0.314 e. The summed E-state index contributed by atoms with van der Waals surface area (Å²) in [6, 6.07) is 6.81. The van der Waals surface area contributed by atoms with Crippen LogP contribution in [0.15, 0.2) is 30.3 Å². The Bertz CT molecular complexity index is 669. The first kappa shape index (κ1) is 15.5. The number of nitrogens with zero attached hydrogens (tertiary/aromatic N) is 2. The molecule has 0 amide bonds. The number of pyridine rings is 1. The predicted molar refractivity (Wildman–Crippen MR) is 80.0 cm³/mol. The van der Waals surface area contributed by atoms with Gasteiger partial charge in [0, 0.05) is 37.1 Å². The number of rotatable bonds is 2. The normalized spacial score (nSPS) is 18.5. The lowest BCUT2D eigenvalue weighted by atomic mass is 10.0. The minimum atomic E-state index is -4.40. The molecule has 1 aromatic carbocycles. The molecular weight excluding hydrogens is 315 g/mol. The molecule has 1 aromatic heterocycles. The molecule has 1 N–H and O–H groups in total. The predicted octanol–water partition coefficient (Wildman–Crippen LogP) is 3.40. The van der Waals surface area contributed by atoms with Gasteiger partial charge in [0.05, 0.1) is 5.52 Å². The number of hydrogen-bond donors (Lipinski definition) is 1. The van der Waals surface area contributed by atoms with Gasteiger partial charge in [-0.25, -0.2) is 4.98 Å². The summed E-state index contributed by atoms with van der Waals surface area (Å²) >= 11 is 6.07. The Morgan fingerprint density at radius 1 is 1.18 bits per heavy atom. The maximum absolute atomic E-state index is 13.6. The summed E-state index contributed by atoms with van der Waals surface area (Å²) in [7, 11) is 0. The lowest BCUT2D eigenvalue weighted by Gasteiger charge is -2.36. The summed E-state index contributed by atoms with van der Waals surface area (Å²) in [4.78, 5) is 5.54. The van der Waals surface area contributed by atoms with Gasteiger partial charge in [0.2, 0.25) is 0 Å². The van der Waals surface area contributed by atoms with E-state index in [1.165, 1.54) is 11.0 Å². The van der Waals surface area contributed by atoms with Crippen LogP contribution in [0.1, 0.15) is 11.6 Å². The molecule has 1 saturated heterocycles. The largest absolute Gasteiger partial charge is 0.408 e. The minimum absolute atomic E-state index is 0.0229. The van der Waals surface area contributed by atoms with Crippen molar-refractivity contribution >= 4 is 22.5 Å². The quantitative estimate of drug-likeness (QED) is 0.856. The maximum Gasteiger partial charge on any atom is 0.408 e. The highest BCUT2D eigenvalue weighted by Crippen LogP contribution is 2.41. The standard InChI is InChI=1S/C15H15ClF3N3/c16-14-11(9-10-3-1-2-4-12(10)21-14)13(15(17,18)19)22-7-5-20-6-8-22/h1-4,9,13,20H,5-8H2/t13-/m1/s1. The summed E-state index contributed by atoms with van der Waals surface area (Å²) in [5, 5.41) is 3.63. The number of nitrogens with one attached hydrogen (secondary N) is 1. The van der Waals surface area contributed by atoms with Crippen LogP contribution in [0, 0.1) is 0 Å². The molecule has 1 aliphatic heterocycles. The number of para-hydroxylation sites is 1. The van der Waals surface area contributed by atoms with E-state index in [0.29, 0.717) is 37.1 Å². The second-order valence-corrected chi connectivity index (χ2v) is 5.65. The summed E-state index contributed by atoms with van der Waals surface area (Å²) in [6.45, 7) is 1.72. The van der Waals surface area contributed by atoms with E-state index in [4.69, 9.17) is 11.6 Å².